The number of ether oxygens (including phenoxy) is 1. The Morgan fingerprint density at radius 3 is 2.94 bits per heavy atom. The first kappa shape index (κ1) is 12.0. The van der Waals surface area contributed by atoms with Gasteiger partial charge in [0, 0.05) is 31.3 Å². The van der Waals surface area contributed by atoms with Crippen LogP contribution in [0.3, 0.4) is 0 Å². The Bertz CT molecular complexity index is 334. The highest BCUT2D eigenvalue weighted by atomic mass is 32.1. The Morgan fingerprint density at radius 1 is 1.56 bits per heavy atom. The van der Waals surface area contributed by atoms with Gasteiger partial charge >= 0.3 is 0 Å². The van der Waals surface area contributed by atoms with Crippen molar-refractivity contribution in [2.75, 3.05) is 26.8 Å². The molecule has 0 aliphatic heterocycles. The molecule has 90 valence electrons. The second-order valence-corrected chi connectivity index (χ2v) is 6.01. The van der Waals surface area contributed by atoms with Crippen LogP contribution in [0, 0.1) is 12.3 Å². The van der Waals surface area contributed by atoms with E-state index in [9.17, 15) is 0 Å². The van der Waals surface area contributed by atoms with Gasteiger partial charge in [-0.15, -0.1) is 11.3 Å². The summed E-state index contributed by atoms with van der Waals surface area (Å²) in [6.07, 6.45) is 5.93. The zero-order valence-corrected chi connectivity index (χ0v) is 10.9. The summed E-state index contributed by atoms with van der Waals surface area (Å²) in [5, 5.41) is 4.65. The van der Waals surface area contributed by atoms with Crippen LogP contribution in [0.5, 0.6) is 0 Å². The van der Waals surface area contributed by atoms with Crippen LogP contribution in [0.2, 0.25) is 0 Å². The lowest BCUT2D eigenvalue weighted by Crippen LogP contribution is -2.28. The van der Waals surface area contributed by atoms with E-state index >= 15 is 0 Å². The molecule has 0 saturated heterocycles. The van der Waals surface area contributed by atoms with Crippen molar-refractivity contribution in [3.8, 4) is 0 Å². The van der Waals surface area contributed by atoms with Gasteiger partial charge in [0.25, 0.3) is 0 Å². The highest BCUT2D eigenvalue weighted by Crippen LogP contribution is 2.48. The molecule has 0 bridgehead atoms. The molecule has 1 fully saturated rings. The van der Waals surface area contributed by atoms with Gasteiger partial charge in [-0.3, -0.25) is 0 Å². The Balaban J connectivity index is 1.75. The zero-order chi connectivity index (χ0) is 11.4. The van der Waals surface area contributed by atoms with Crippen molar-refractivity contribution < 1.29 is 4.74 Å². The Labute approximate surface area is 101 Å². The lowest BCUT2D eigenvalue weighted by molar-refractivity contribution is 0.197. The molecule has 1 aliphatic rings. The SMILES string of the molecule is COCCNCC1(Cc2cnc(C)s2)CC1. The molecule has 16 heavy (non-hydrogen) atoms. The number of nitrogens with one attached hydrogen (secondary N) is 1. The standard InChI is InChI=1S/C12H20N2OS/c1-10-14-8-11(16-10)7-12(3-4-12)9-13-5-6-15-2/h8,13H,3-7,9H2,1-2H3. The first-order chi connectivity index (χ1) is 7.74. The summed E-state index contributed by atoms with van der Waals surface area (Å²) in [5.41, 5.74) is 0.521. The number of nitrogens with zero attached hydrogens (tertiary/aromatic N) is 1. The predicted octanol–water partition coefficient (Wildman–Crippen LogP) is 2.01. The molecule has 1 saturated carbocycles. The van der Waals surface area contributed by atoms with Crippen LogP contribution in [0.25, 0.3) is 0 Å². The van der Waals surface area contributed by atoms with Crippen molar-refractivity contribution in [1.82, 2.24) is 10.3 Å². The summed E-state index contributed by atoms with van der Waals surface area (Å²) >= 11 is 1.83. The average molecular weight is 240 g/mol. The van der Waals surface area contributed by atoms with E-state index < -0.39 is 0 Å². The van der Waals surface area contributed by atoms with Crippen molar-refractivity contribution in [2.24, 2.45) is 5.41 Å². The minimum atomic E-state index is 0.521. The van der Waals surface area contributed by atoms with Gasteiger partial charge in [-0.2, -0.15) is 0 Å². The third-order valence-corrected chi connectivity index (χ3v) is 4.07. The molecule has 0 atom stereocenters. The molecular formula is C12H20N2OS. The highest BCUT2D eigenvalue weighted by molar-refractivity contribution is 7.11. The molecule has 1 heterocycles. The molecule has 2 rings (SSSR count). The van der Waals surface area contributed by atoms with Crippen LogP contribution in [0.1, 0.15) is 22.7 Å². The summed E-state index contributed by atoms with van der Waals surface area (Å²) in [6.45, 7) is 4.95. The Hall–Kier alpha value is -0.450. The summed E-state index contributed by atoms with van der Waals surface area (Å²) in [6, 6.07) is 0. The lowest BCUT2D eigenvalue weighted by atomic mass is 10.0. The molecule has 0 amide bonds. The summed E-state index contributed by atoms with van der Waals surface area (Å²) in [4.78, 5) is 5.75. The van der Waals surface area contributed by atoms with Gasteiger partial charge in [-0.05, 0) is 31.6 Å². The smallest absolute Gasteiger partial charge is 0.0896 e. The maximum Gasteiger partial charge on any atom is 0.0896 e. The van der Waals surface area contributed by atoms with E-state index in [1.165, 1.54) is 29.1 Å². The minimum absolute atomic E-state index is 0.521. The lowest BCUT2D eigenvalue weighted by Gasteiger charge is -2.14. The van der Waals surface area contributed by atoms with Gasteiger partial charge in [-0.25, -0.2) is 4.98 Å². The molecule has 1 aliphatic carbocycles. The van der Waals surface area contributed by atoms with E-state index in [2.05, 4.69) is 17.2 Å². The number of aryl methyl sites for hydroxylation is 1. The summed E-state index contributed by atoms with van der Waals surface area (Å²) in [7, 11) is 1.74. The topological polar surface area (TPSA) is 34.1 Å². The predicted molar refractivity (Wildman–Crippen MR) is 67.0 cm³/mol. The number of methoxy groups -OCH3 is 1. The fraction of sp³-hybridized carbons (Fsp3) is 0.750. The van der Waals surface area contributed by atoms with Crippen molar-refractivity contribution in [3.05, 3.63) is 16.1 Å². The molecule has 1 aromatic rings. The van der Waals surface area contributed by atoms with Crippen molar-refractivity contribution in [2.45, 2.75) is 26.2 Å². The van der Waals surface area contributed by atoms with Gasteiger partial charge in [-0.1, -0.05) is 0 Å². The Kier molecular flexibility index (Phi) is 3.95. The number of aromatic nitrogens is 1. The van der Waals surface area contributed by atoms with Crippen molar-refractivity contribution in [3.63, 3.8) is 0 Å². The number of hydrogen-bond donors (Lipinski definition) is 1. The molecule has 0 aromatic carbocycles. The van der Waals surface area contributed by atoms with Crippen molar-refractivity contribution in [1.29, 1.82) is 0 Å². The molecular weight excluding hydrogens is 220 g/mol. The van der Waals surface area contributed by atoms with Crippen LogP contribution in [-0.2, 0) is 11.2 Å². The maximum atomic E-state index is 5.03. The third-order valence-electron chi connectivity index (χ3n) is 3.16. The summed E-state index contributed by atoms with van der Waals surface area (Å²) < 4.78 is 5.03. The van der Waals surface area contributed by atoms with Crippen molar-refractivity contribution >= 4 is 11.3 Å². The van der Waals surface area contributed by atoms with Crippen LogP contribution in [0.15, 0.2) is 6.20 Å². The second-order valence-electron chi connectivity index (χ2n) is 4.69. The van der Waals surface area contributed by atoms with Crippen LogP contribution in [-0.4, -0.2) is 31.8 Å². The van der Waals surface area contributed by atoms with E-state index in [0.29, 0.717) is 5.41 Å². The monoisotopic (exact) mass is 240 g/mol. The van der Waals surface area contributed by atoms with E-state index in [4.69, 9.17) is 4.74 Å². The highest BCUT2D eigenvalue weighted by Gasteiger charge is 2.42. The van der Waals surface area contributed by atoms with Crippen LogP contribution < -0.4 is 5.32 Å². The molecule has 0 unspecified atom stereocenters. The van der Waals surface area contributed by atoms with Gasteiger partial charge < -0.3 is 10.1 Å². The van der Waals surface area contributed by atoms with Gasteiger partial charge in [0.1, 0.15) is 0 Å². The zero-order valence-electron chi connectivity index (χ0n) is 10.1. The quantitative estimate of drug-likeness (QED) is 0.740. The number of thiazole rings is 1. The first-order valence-electron chi connectivity index (χ1n) is 5.85. The molecule has 0 spiro atoms. The van der Waals surface area contributed by atoms with Gasteiger partial charge in [0.2, 0.25) is 0 Å². The average Bonchev–Trinajstić information content (AvgIpc) is 2.90. The largest absolute Gasteiger partial charge is 0.383 e. The minimum Gasteiger partial charge on any atom is -0.383 e. The molecule has 4 heteroatoms. The van der Waals surface area contributed by atoms with E-state index in [-0.39, 0.29) is 0 Å². The van der Waals surface area contributed by atoms with Crippen LogP contribution >= 0.6 is 11.3 Å². The maximum absolute atomic E-state index is 5.03. The second kappa shape index (κ2) is 5.25. The number of hydrogen-bond acceptors (Lipinski definition) is 4. The number of rotatable bonds is 7. The fourth-order valence-electron chi connectivity index (χ4n) is 1.98. The molecule has 0 radical (unpaired) electrons. The van der Waals surface area contributed by atoms with Gasteiger partial charge in [0.05, 0.1) is 11.6 Å². The van der Waals surface area contributed by atoms with Crippen LogP contribution in [0.4, 0.5) is 0 Å². The molecule has 1 N–H and O–H groups in total. The van der Waals surface area contributed by atoms with Gasteiger partial charge in [0.15, 0.2) is 0 Å². The normalized spacial score (nSPS) is 17.6. The summed E-state index contributed by atoms with van der Waals surface area (Å²) in [5.74, 6) is 0. The van der Waals surface area contributed by atoms with E-state index in [0.717, 1.165) is 19.7 Å². The van der Waals surface area contributed by atoms with E-state index in [1.807, 2.05) is 17.5 Å². The Morgan fingerprint density at radius 2 is 2.38 bits per heavy atom. The third kappa shape index (κ3) is 3.27. The van der Waals surface area contributed by atoms with E-state index in [1.54, 1.807) is 7.11 Å². The fourth-order valence-corrected chi connectivity index (χ4v) is 2.95. The molecule has 1 aromatic heterocycles. The molecule has 3 nitrogen and oxygen atoms in total. The first-order valence-corrected chi connectivity index (χ1v) is 6.67.